The topological polar surface area (TPSA) is 76.7 Å². The first-order chi connectivity index (χ1) is 15.0. The van der Waals surface area contributed by atoms with Crippen LogP contribution in [0.1, 0.15) is 56.3 Å². The van der Waals surface area contributed by atoms with Gasteiger partial charge in [-0.25, -0.2) is 4.98 Å². The summed E-state index contributed by atoms with van der Waals surface area (Å²) in [5, 5.41) is 15.3. The number of nitrogens with zero attached hydrogens (tertiary/aromatic N) is 3. The number of phenols is 1. The van der Waals surface area contributed by atoms with Crippen LogP contribution in [-0.4, -0.2) is 27.6 Å². The van der Waals surface area contributed by atoms with E-state index in [4.69, 9.17) is 9.72 Å². The Labute approximate surface area is 202 Å². The van der Waals surface area contributed by atoms with Crippen molar-refractivity contribution in [2.75, 3.05) is 6.61 Å². The second kappa shape index (κ2) is 9.68. The first-order valence-corrected chi connectivity index (χ1v) is 12.3. The van der Waals surface area contributed by atoms with Gasteiger partial charge in [0.1, 0.15) is 5.82 Å². The number of phenolic OH excluding ortho intramolecular Hbond substituents is 1. The lowest BCUT2D eigenvalue weighted by molar-refractivity contribution is 0.317. The summed E-state index contributed by atoms with van der Waals surface area (Å²) < 4.78 is 8.46. The Hall–Kier alpha value is -1.94. The number of benzene rings is 2. The second-order valence-corrected chi connectivity index (χ2v) is 9.69. The lowest BCUT2D eigenvalue weighted by atomic mass is 9.88. The molecular formula is C23H23BrIN3O3. The smallest absolute Gasteiger partial charge is 0.282 e. The van der Waals surface area contributed by atoms with Crippen LogP contribution in [-0.2, 0) is 0 Å². The second-order valence-electron chi connectivity index (χ2n) is 7.61. The largest absolute Gasteiger partial charge is 0.504 e. The van der Waals surface area contributed by atoms with Gasteiger partial charge in [-0.1, -0.05) is 35.2 Å². The Morgan fingerprint density at radius 2 is 2.06 bits per heavy atom. The molecule has 1 aliphatic carbocycles. The van der Waals surface area contributed by atoms with Crippen molar-refractivity contribution in [2.45, 2.75) is 44.9 Å². The van der Waals surface area contributed by atoms with Crippen molar-refractivity contribution >= 4 is 55.6 Å². The van der Waals surface area contributed by atoms with E-state index >= 15 is 0 Å². The van der Waals surface area contributed by atoms with E-state index < -0.39 is 0 Å². The molecule has 162 valence electrons. The van der Waals surface area contributed by atoms with E-state index in [-0.39, 0.29) is 17.2 Å². The predicted molar refractivity (Wildman–Crippen MR) is 135 cm³/mol. The third-order valence-electron chi connectivity index (χ3n) is 5.48. The number of ether oxygens (including phenoxy) is 1. The van der Waals surface area contributed by atoms with Crippen molar-refractivity contribution < 1.29 is 9.84 Å². The van der Waals surface area contributed by atoms with E-state index in [1.165, 1.54) is 11.1 Å². The van der Waals surface area contributed by atoms with Gasteiger partial charge in [-0.15, -0.1) is 0 Å². The number of fused-ring (bicyclic) bond motifs is 1. The van der Waals surface area contributed by atoms with E-state index in [1.54, 1.807) is 24.4 Å². The summed E-state index contributed by atoms with van der Waals surface area (Å²) in [5.74, 6) is 1.44. The summed E-state index contributed by atoms with van der Waals surface area (Å²) in [6, 6.07) is 9.09. The Bertz CT molecular complexity index is 1200. The minimum Gasteiger partial charge on any atom is -0.504 e. The van der Waals surface area contributed by atoms with Gasteiger partial charge in [0.05, 0.1) is 27.3 Å². The molecule has 2 aromatic carbocycles. The van der Waals surface area contributed by atoms with Crippen LogP contribution < -0.4 is 10.3 Å². The first kappa shape index (κ1) is 22.3. The highest BCUT2D eigenvalue weighted by Gasteiger charge is 2.22. The SMILES string of the molecule is CCOc1cc(C=Nn2c(C3CCCCC3)nc3ccc(Br)cc3c2=O)cc(I)c1O. The molecular weight excluding hydrogens is 573 g/mol. The highest BCUT2D eigenvalue weighted by molar-refractivity contribution is 14.1. The molecule has 1 N–H and O–H groups in total. The van der Waals surface area contributed by atoms with Crippen LogP contribution in [0.4, 0.5) is 0 Å². The molecule has 4 rings (SSSR count). The molecule has 1 fully saturated rings. The van der Waals surface area contributed by atoms with Crippen LogP contribution in [0.5, 0.6) is 11.5 Å². The molecule has 0 atom stereocenters. The molecule has 0 saturated heterocycles. The van der Waals surface area contributed by atoms with Gasteiger partial charge >= 0.3 is 0 Å². The van der Waals surface area contributed by atoms with Crippen LogP contribution in [0.2, 0.25) is 0 Å². The minimum absolute atomic E-state index is 0.108. The molecule has 0 unspecified atom stereocenters. The van der Waals surface area contributed by atoms with Crippen molar-refractivity contribution in [1.82, 2.24) is 9.66 Å². The zero-order valence-electron chi connectivity index (χ0n) is 17.1. The maximum Gasteiger partial charge on any atom is 0.282 e. The van der Waals surface area contributed by atoms with E-state index in [0.29, 0.717) is 32.7 Å². The predicted octanol–water partition coefficient (Wildman–Crippen LogP) is 5.80. The van der Waals surface area contributed by atoms with Crippen molar-refractivity contribution in [2.24, 2.45) is 5.10 Å². The van der Waals surface area contributed by atoms with Crippen LogP contribution in [0.3, 0.4) is 0 Å². The van der Waals surface area contributed by atoms with Gasteiger partial charge in [0.15, 0.2) is 11.5 Å². The molecule has 0 spiro atoms. The number of aromatic nitrogens is 2. The van der Waals surface area contributed by atoms with E-state index in [0.717, 1.165) is 35.7 Å². The fraction of sp³-hybridized carbons (Fsp3) is 0.348. The highest BCUT2D eigenvalue weighted by atomic mass is 127. The molecule has 0 aliphatic heterocycles. The summed E-state index contributed by atoms with van der Waals surface area (Å²) in [4.78, 5) is 18.2. The fourth-order valence-corrected chi connectivity index (χ4v) is 4.95. The molecule has 3 aromatic rings. The molecule has 1 heterocycles. The summed E-state index contributed by atoms with van der Waals surface area (Å²) in [5.41, 5.74) is 1.25. The molecule has 31 heavy (non-hydrogen) atoms. The molecule has 1 aromatic heterocycles. The van der Waals surface area contributed by atoms with Crippen molar-refractivity contribution in [3.8, 4) is 11.5 Å². The van der Waals surface area contributed by atoms with Crippen LogP contribution in [0, 0.1) is 3.57 Å². The van der Waals surface area contributed by atoms with Crippen molar-refractivity contribution in [1.29, 1.82) is 0 Å². The molecule has 0 radical (unpaired) electrons. The number of aromatic hydroxyl groups is 1. The Morgan fingerprint density at radius 3 is 2.81 bits per heavy atom. The highest BCUT2D eigenvalue weighted by Crippen LogP contribution is 2.33. The maximum atomic E-state index is 13.4. The van der Waals surface area contributed by atoms with Crippen LogP contribution in [0.25, 0.3) is 10.9 Å². The average molecular weight is 596 g/mol. The summed E-state index contributed by atoms with van der Waals surface area (Å²) in [7, 11) is 0. The van der Waals surface area contributed by atoms with Gasteiger partial charge in [-0.2, -0.15) is 9.78 Å². The Balaban J connectivity index is 1.84. The number of hydrogen-bond acceptors (Lipinski definition) is 5. The van der Waals surface area contributed by atoms with Gasteiger partial charge in [0.2, 0.25) is 0 Å². The standard InChI is InChI=1S/C23H23BrIN3O3/c1-2-31-20-11-14(10-18(25)21(20)29)13-26-28-22(15-6-4-3-5-7-15)27-19-9-8-16(24)12-17(19)23(28)30/h8-13,15,29H,2-7H2,1H3. The quantitative estimate of drug-likeness (QED) is 0.299. The Morgan fingerprint density at radius 1 is 1.29 bits per heavy atom. The third kappa shape index (κ3) is 4.79. The molecule has 0 amide bonds. The summed E-state index contributed by atoms with van der Waals surface area (Å²) >= 11 is 5.50. The van der Waals surface area contributed by atoms with E-state index in [1.807, 2.05) is 19.1 Å². The lowest BCUT2D eigenvalue weighted by Gasteiger charge is -2.22. The molecule has 0 bridgehead atoms. The number of rotatable bonds is 5. The third-order valence-corrected chi connectivity index (χ3v) is 6.79. The van der Waals surface area contributed by atoms with Gasteiger partial charge in [-0.05, 0) is 78.3 Å². The first-order valence-electron chi connectivity index (χ1n) is 10.4. The van der Waals surface area contributed by atoms with Crippen LogP contribution in [0.15, 0.2) is 44.7 Å². The number of halogens is 2. The normalized spacial score (nSPS) is 15.1. The zero-order chi connectivity index (χ0) is 22.0. The average Bonchev–Trinajstić information content (AvgIpc) is 2.77. The van der Waals surface area contributed by atoms with Crippen molar-refractivity contribution in [3.05, 3.63) is 60.1 Å². The number of hydrogen-bond donors (Lipinski definition) is 1. The monoisotopic (exact) mass is 595 g/mol. The Kier molecular flexibility index (Phi) is 6.95. The van der Waals surface area contributed by atoms with Gasteiger partial charge in [0.25, 0.3) is 5.56 Å². The molecule has 1 saturated carbocycles. The molecule has 6 nitrogen and oxygen atoms in total. The van der Waals surface area contributed by atoms with Gasteiger partial charge in [0, 0.05) is 10.4 Å². The van der Waals surface area contributed by atoms with Crippen molar-refractivity contribution in [3.63, 3.8) is 0 Å². The van der Waals surface area contributed by atoms with Gasteiger partial charge < -0.3 is 9.84 Å². The maximum absolute atomic E-state index is 13.4. The summed E-state index contributed by atoms with van der Waals surface area (Å²) in [6.07, 6.45) is 7.14. The van der Waals surface area contributed by atoms with E-state index in [9.17, 15) is 9.90 Å². The molecule has 8 heteroatoms. The zero-order valence-corrected chi connectivity index (χ0v) is 20.9. The summed E-state index contributed by atoms with van der Waals surface area (Å²) in [6.45, 7) is 2.31. The van der Waals surface area contributed by atoms with Gasteiger partial charge in [-0.3, -0.25) is 4.79 Å². The van der Waals surface area contributed by atoms with E-state index in [2.05, 4.69) is 43.6 Å². The van der Waals surface area contributed by atoms with Crippen LogP contribution >= 0.6 is 38.5 Å². The molecule has 1 aliphatic rings. The minimum atomic E-state index is -0.179. The lowest BCUT2D eigenvalue weighted by Crippen LogP contribution is -2.25. The fourth-order valence-electron chi connectivity index (χ4n) is 3.96.